The maximum atomic E-state index is 13.1. The zero-order chi connectivity index (χ0) is 16.3. The van der Waals surface area contributed by atoms with E-state index in [0.717, 1.165) is 18.4 Å². The van der Waals surface area contributed by atoms with Gasteiger partial charge < -0.3 is 15.0 Å². The molecule has 0 saturated carbocycles. The highest BCUT2D eigenvalue weighted by molar-refractivity contribution is 5.88. The summed E-state index contributed by atoms with van der Waals surface area (Å²) in [5.41, 5.74) is 0.432. The van der Waals surface area contributed by atoms with Gasteiger partial charge in [0.05, 0.1) is 5.54 Å². The van der Waals surface area contributed by atoms with E-state index < -0.39 is 11.6 Å². The third-order valence-electron chi connectivity index (χ3n) is 3.76. The third kappa shape index (κ3) is 3.75. The first-order valence-electron chi connectivity index (χ1n) is 7.06. The van der Waals surface area contributed by atoms with Crippen molar-refractivity contribution in [3.05, 3.63) is 47.3 Å². The average Bonchev–Trinajstić information content (AvgIpc) is 2.69. The van der Waals surface area contributed by atoms with Gasteiger partial charge in [-0.3, -0.25) is 4.99 Å². The topological polar surface area (TPSA) is 36.9 Å². The molecule has 1 saturated heterocycles. The van der Waals surface area contributed by atoms with E-state index in [1.54, 1.807) is 13.1 Å². The van der Waals surface area contributed by atoms with Crippen LogP contribution in [-0.4, -0.2) is 37.0 Å². The summed E-state index contributed by atoms with van der Waals surface area (Å²) in [6, 6.07) is 3.32. The van der Waals surface area contributed by atoms with Gasteiger partial charge in [0.2, 0.25) is 5.90 Å². The highest BCUT2D eigenvalue weighted by atomic mass is 19.1. The molecule has 0 atom stereocenters. The Hall–Kier alpha value is -2.11. The molecule has 120 valence electrons. The van der Waals surface area contributed by atoms with E-state index in [-0.39, 0.29) is 12.1 Å². The van der Waals surface area contributed by atoms with E-state index in [0.29, 0.717) is 11.5 Å². The van der Waals surface area contributed by atoms with Crippen LogP contribution in [0.15, 0.2) is 35.1 Å². The molecule has 0 bridgehead atoms. The van der Waals surface area contributed by atoms with Crippen molar-refractivity contribution in [2.24, 2.45) is 4.99 Å². The average molecular weight is 309 g/mol. The van der Waals surface area contributed by atoms with Crippen molar-refractivity contribution in [3.8, 4) is 0 Å². The fourth-order valence-electron chi connectivity index (χ4n) is 2.16. The Bertz CT molecular complexity index is 591. The maximum Gasteiger partial charge on any atom is 0.212 e. The lowest BCUT2D eigenvalue weighted by molar-refractivity contribution is 0.261. The molecule has 0 radical (unpaired) electrons. The second-order valence-corrected chi connectivity index (χ2v) is 5.88. The summed E-state index contributed by atoms with van der Waals surface area (Å²) < 4.78 is 31.8. The predicted octanol–water partition coefficient (Wildman–Crippen LogP) is 2.66. The number of hydrogen-bond donors (Lipinski definition) is 1. The lowest BCUT2D eigenvalue weighted by atomic mass is 10.1. The number of likely N-dealkylation sites (N-methyl/N-ethyl adjacent to an activating group) is 1. The van der Waals surface area contributed by atoms with Crippen LogP contribution in [0.3, 0.4) is 0 Å². The summed E-state index contributed by atoms with van der Waals surface area (Å²) in [5.74, 6) is 0.0597. The van der Waals surface area contributed by atoms with Crippen LogP contribution >= 0.6 is 0 Å². The van der Waals surface area contributed by atoms with Crippen LogP contribution in [0.2, 0.25) is 0 Å². The Morgan fingerprint density at radius 2 is 2.00 bits per heavy atom. The van der Waals surface area contributed by atoms with Crippen molar-refractivity contribution in [1.82, 2.24) is 10.2 Å². The van der Waals surface area contributed by atoms with Crippen LogP contribution in [0.25, 0.3) is 0 Å². The first-order chi connectivity index (χ1) is 10.3. The van der Waals surface area contributed by atoms with Crippen LogP contribution in [0.4, 0.5) is 8.78 Å². The van der Waals surface area contributed by atoms with E-state index in [1.165, 1.54) is 12.1 Å². The Labute approximate surface area is 129 Å². The van der Waals surface area contributed by atoms with Gasteiger partial charge in [-0.2, -0.15) is 0 Å². The summed E-state index contributed by atoms with van der Waals surface area (Å²) in [6.07, 6.45) is 1.78. The minimum absolute atomic E-state index is 0.0103. The van der Waals surface area contributed by atoms with E-state index in [4.69, 9.17) is 4.74 Å². The predicted molar refractivity (Wildman–Crippen MR) is 82.4 cm³/mol. The van der Waals surface area contributed by atoms with Crippen molar-refractivity contribution in [2.75, 3.05) is 20.6 Å². The number of aliphatic imine (C=N–C) groups is 1. The van der Waals surface area contributed by atoms with Gasteiger partial charge in [0.25, 0.3) is 0 Å². The van der Waals surface area contributed by atoms with Crippen LogP contribution in [0.5, 0.6) is 0 Å². The third-order valence-corrected chi connectivity index (χ3v) is 3.76. The Morgan fingerprint density at radius 3 is 2.50 bits per heavy atom. The van der Waals surface area contributed by atoms with Crippen molar-refractivity contribution in [1.29, 1.82) is 0 Å². The summed E-state index contributed by atoms with van der Waals surface area (Å²) >= 11 is 0. The van der Waals surface area contributed by atoms with E-state index in [2.05, 4.69) is 29.1 Å². The lowest BCUT2D eigenvalue weighted by Crippen LogP contribution is -2.36. The molecule has 1 aliphatic heterocycles. The largest absolute Gasteiger partial charge is 0.473 e. The number of rotatable bonds is 3. The first-order valence-corrected chi connectivity index (χ1v) is 7.06. The highest BCUT2D eigenvalue weighted by Gasteiger charge is 2.31. The van der Waals surface area contributed by atoms with Gasteiger partial charge in [-0.15, -0.1) is 0 Å². The number of halogens is 2. The number of nitrogens with zero attached hydrogens (tertiary/aromatic N) is 2. The molecule has 0 aliphatic carbocycles. The molecule has 1 N–H and O–H groups in total. The summed E-state index contributed by atoms with van der Waals surface area (Å²) in [7, 11) is 3.60. The van der Waals surface area contributed by atoms with Gasteiger partial charge >= 0.3 is 0 Å². The molecular weight excluding hydrogens is 288 g/mol. The van der Waals surface area contributed by atoms with Crippen molar-refractivity contribution >= 4 is 5.90 Å². The number of benzene rings is 1. The number of ether oxygens (including phenoxy) is 1. The second kappa shape index (κ2) is 6.34. The number of nitrogens with one attached hydrogen (secondary N) is 1. The Balaban J connectivity index is 2.05. The Morgan fingerprint density at radius 1 is 1.36 bits per heavy atom. The molecular formula is C16H21F2N3O. The van der Waals surface area contributed by atoms with Gasteiger partial charge in [-0.1, -0.05) is 0 Å². The maximum absolute atomic E-state index is 13.1. The number of hydrogen-bond acceptors (Lipinski definition) is 4. The van der Waals surface area contributed by atoms with Gasteiger partial charge in [0, 0.05) is 32.8 Å². The Kier molecular flexibility index (Phi) is 4.68. The van der Waals surface area contributed by atoms with E-state index >= 15 is 0 Å². The minimum Gasteiger partial charge on any atom is -0.473 e. The minimum atomic E-state index is -0.620. The highest BCUT2D eigenvalue weighted by Crippen LogP contribution is 2.22. The molecule has 0 unspecified atom stereocenters. The molecule has 4 nitrogen and oxygen atoms in total. The van der Waals surface area contributed by atoms with Crippen molar-refractivity contribution < 1.29 is 13.5 Å². The smallest absolute Gasteiger partial charge is 0.212 e. The van der Waals surface area contributed by atoms with Crippen LogP contribution in [0.1, 0.15) is 19.4 Å². The summed E-state index contributed by atoms with van der Waals surface area (Å²) in [6.45, 7) is 5.12. The normalized spacial score (nSPS) is 19.5. The monoisotopic (exact) mass is 309 g/mol. The SMILES string of the molecule is CN=C(/C=C1\NCC(C)(C)N1C)OCc1cc(F)cc(F)c1. The lowest BCUT2D eigenvalue weighted by Gasteiger charge is -2.28. The molecule has 1 aromatic carbocycles. The molecule has 6 heteroatoms. The second-order valence-electron chi connectivity index (χ2n) is 5.88. The van der Waals surface area contributed by atoms with Gasteiger partial charge in [0.15, 0.2) is 0 Å². The van der Waals surface area contributed by atoms with Crippen LogP contribution < -0.4 is 5.32 Å². The zero-order valence-corrected chi connectivity index (χ0v) is 13.3. The van der Waals surface area contributed by atoms with E-state index in [9.17, 15) is 8.78 Å². The van der Waals surface area contributed by atoms with Gasteiger partial charge in [0.1, 0.15) is 24.1 Å². The van der Waals surface area contributed by atoms with Crippen LogP contribution in [-0.2, 0) is 11.3 Å². The summed E-state index contributed by atoms with van der Waals surface area (Å²) in [5, 5.41) is 3.28. The summed E-state index contributed by atoms with van der Waals surface area (Å²) in [4.78, 5) is 6.16. The van der Waals surface area contributed by atoms with Crippen LogP contribution in [0, 0.1) is 11.6 Å². The molecule has 0 spiro atoms. The quantitative estimate of drug-likeness (QED) is 0.689. The fourth-order valence-corrected chi connectivity index (χ4v) is 2.16. The van der Waals surface area contributed by atoms with Crippen molar-refractivity contribution in [2.45, 2.75) is 26.0 Å². The van der Waals surface area contributed by atoms with E-state index in [1.807, 2.05) is 7.05 Å². The fraction of sp³-hybridized carbons (Fsp3) is 0.438. The molecule has 1 heterocycles. The molecule has 22 heavy (non-hydrogen) atoms. The van der Waals surface area contributed by atoms with Crippen molar-refractivity contribution in [3.63, 3.8) is 0 Å². The molecule has 0 aromatic heterocycles. The molecule has 1 aliphatic rings. The molecule has 1 fully saturated rings. The molecule has 1 aromatic rings. The standard InChI is InChI=1S/C16H21F2N3O/c1-16(2)10-20-14(21(16)4)8-15(19-3)22-9-11-5-12(17)7-13(18)6-11/h5-8,20H,9-10H2,1-4H3/b14-8+,19-15?. The first kappa shape index (κ1) is 16.3. The molecule has 2 rings (SSSR count). The molecule has 0 amide bonds. The zero-order valence-electron chi connectivity index (χ0n) is 13.3. The van der Waals surface area contributed by atoms with Gasteiger partial charge in [-0.05, 0) is 31.5 Å². The van der Waals surface area contributed by atoms with Gasteiger partial charge in [-0.25, -0.2) is 8.78 Å².